The number of thiazole rings is 1. The lowest BCUT2D eigenvalue weighted by molar-refractivity contribution is -0.139. The van der Waals surface area contributed by atoms with Crippen molar-refractivity contribution in [1.82, 2.24) is 4.57 Å². The number of fused-ring (bicyclic) bond motifs is 2. The number of hydrazone groups is 1. The van der Waals surface area contributed by atoms with Gasteiger partial charge in [-0.3, -0.25) is 14.2 Å². The molecule has 44 heavy (non-hydrogen) atoms. The summed E-state index contributed by atoms with van der Waals surface area (Å²) in [6.07, 6.45) is 2.91. The molecule has 0 unspecified atom stereocenters. The smallest absolute Gasteiger partial charge is 0.338 e. The number of aromatic nitrogens is 1. The fourth-order valence-corrected chi connectivity index (χ4v) is 6.85. The summed E-state index contributed by atoms with van der Waals surface area (Å²) in [6, 6.07) is 19.9. The minimum Gasteiger partial charge on any atom is -0.496 e. The van der Waals surface area contributed by atoms with Crippen LogP contribution in [-0.2, 0) is 14.3 Å². The zero-order chi connectivity index (χ0) is 31.0. The number of rotatable bonds is 8. The Kier molecular flexibility index (Phi) is 8.01. The lowest BCUT2D eigenvalue weighted by Gasteiger charge is -2.28. The maximum Gasteiger partial charge on any atom is 0.338 e. The van der Waals surface area contributed by atoms with Gasteiger partial charge < -0.3 is 9.47 Å². The van der Waals surface area contributed by atoms with E-state index in [1.165, 1.54) is 16.3 Å². The first kappa shape index (κ1) is 29.3. The number of carbonyl (C=O) groups excluding carboxylic acids is 2. The second kappa shape index (κ2) is 12.0. The third-order valence-corrected chi connectivity index (χ3v) is 8.82. The van der Waals surface area contributed by atoms with Crippen LogP contribution < -0.4 is 24.6 Å². The number of hydrogen-bond acceptors (Lipinski definition) is 8. The Labute approximate surface area is 258 Å². The Bertz CT molecular complexity index is 2030. The molecule has 0 fully saturated rings. The highest BCUT2D eigenvalue weighted by molar-refractivity contribution is 7.07. The summed E-state index contributed by atoms with van der Waals surface area (Å²) < 4.78 is 13.3. The number of para-hydroxylation sites is 1. The van der Waals surface area contributed by atoms with Crippen LogP contribution in [0.5, 0.6) is 5.75 Å². The van der Waals surface area contributed by atoms with Gasteiger partial charge in [-0.1, -0.05) is 73.2 Å². The molecule has 10 heteroatoms. The summed E-state index contributed by atoms with van der Waals surface area (Å²) >= 11 is 1.20. The molecule has 3 aromatic carbocycles. The Hall–Kier alpha value is -4.83. The van der Waals surface area contributed by atoms with Gasteiger partial charge in [0.1, 0.15) is 17.7 Å². The van der Waals surface area contributed by atoms with Gasteiger partial charge in [0.05, 0.1) is 40.9 Å². The van der Waals surface area contributed by atoms with Gasteiger partial charge in [0.15, 0.2) is 4.80 Å². The first-order valence-electron chi connectivity index (χ1n) is 14.6. The van der Waals surface area contributed by atoms with Gasteiger partial charge in [0.25, 0.3) is 11.5 Å². The van der Waals surface area contributed by atoms with E-state index in [9.17, 15) is 14.4 Å². The molecular formula is C34H32N4O5S. The number of anilines is 1. The van der Waals surface area contributed by atoms with Crippen molar-refractivity contribution >= 4 is 51.5 Å². The fraction of sp³-hybridized carbons (Fsp3) is 0.265. The van der Waals surface area contributed by atoms with E-state index >= 15 is 0 Å². The van der Waals surface area contributed by atoms with E-state index < -0.39 is 17.9 Å². The van der Waals surface area contributed by atoms with E-state index in [-0.39, 0.29) is 18.1 Å². The van der Waals surface area contributed by atoms with Gasteiger partial charge in [-0.25, -0.2) is 9.79 Å². The quantitative estimate of drug-likeness (QED) is 0.269. The highest BCUT2D eigenvalue weighted by Gasteiger charge is 2.38. The molecular weight excluding hydrogens is 576 g/mol. The van der Waals surface area contributed by atoms with Crippen LogP contribution in [-0.4, -0.2) is 35.9 Å². The molecule has 6 rings (SSSR count). The van der Waals surface area contributed by atoms with Crippen molar-refractivity contribution in [3.63, 3.8) is 0 Å². The SMILES string of the molecule is CCCC1=C(C(=O)OCC)[C@H](c2c(OC)ccc3ccccc23)n2c(s/c(=C/[C@@H]3C(=O)N(c4ccccc4)N=C3C)c2=O)=N1. The zero-order valence-electron chi connectivity index (χ0n) is 24.9. The second-order valence-corrected chi connectivity index (χ2v) is 11.6. The van der Waals surface area contributed by atoms with Crippen molar-refractivity contribution in [1.29, 1.82) is 0 Å². The standard InChI is InChI=1S/C34H32N4O5S/c1-5-12-25-29(33(41)43-6-2)30(28-23-16-11-10-13-21(23)17-18-26(28)42-4)37-32(40)27(44-34(37)35-25)19-24-20(3)36-38(31(24)39)22-14-8-7-9-15-22/h7-11,13-19,24,30H,5-6,12H2,1-4H3/b27-19+/t24-,30-/m0/s1. The van der Waals surface area contributed by atoms with Crippen LogP contribution in [0.15, 0.2) is 92.9 Å². The van der Waals surface area contributed by atoms with Gasteiger partial charge >= 0.3 is 5.97 Å². The molecule has 0 bridgehead atoms. The van der Waals surface area contributed by atoms with Crippen LogP contribution in [0.25, 0.3) is 16.8 Å². The number of hydrogen-bond donors (Lipinski definition) is 0. The Morgan fingerprint density at radius 1 is 1.02 bits per heavy atom. The number of allylic oxidation sites excluding steroid dienone is 1. The number of ether oxygens (including phenoxy) is 2. The van der Waals surface area contributed by atoms with E-state index in [0.717, 1.165) is 17.2 Å². The number of esters is 1. The van der Waals surface area contributed by atoms with Crippen LogP contribution in [0.1, 0.15) is 45.2 Å². The van der Waals surface area contributed by atoms with Crippen LogP contribution in [0.2, 0.25) is 0 Å². The molecule has 2 aliphatic heterocycles. The summed E-state index contributed by atoms with van der Waals surface area (Å²) in [4.78, 5) is 46.9. The topological polar surface area (TPSA) is 103 Å². The highest BCUT2D eigenvalue weighted by Crippen LogP contribution is 2.41. The lowest BCUT2D eigenvalue weighted by atomic mass is 9.90. The van der Waals surface area contributed by atoms with E-state index in [2.05, 4.69) is 5.10 Å². The van der Waals surface area contributed by atoms with E-state index in [1.807, 2.05) is 73.7 Å². The molecule has 0 aliphatic carbocycles. The van der Waals surface area contributed by atoms with Crippen molar-refractivity contribution in [2.24, 2.45) is 16.0 Å². The molecule has 1 aromatic heterocycles. The molecule has 2 atom stereocenters. The van der Waals surface area contributed by atoms with Crippen molar-refractivity contribution in [3.05, 3.63) is 103 Å². The molecule has 9 nitrogen and oxygen atoms in total. The number of carbonyl (C=O) groups is 2. The number of benzene rings is 3. The third-order valence-electron chi connectivity index (χ3n) is 7.82. The minimum atomic E-state index is -0.857. The van der Waals surface area contributed by atoms with Gasteiger partial charge in [0, 0.05) is 5.56 Å². The molecule has 0 saturated heterocycles. The molecule has 0 radical (unpaired) electrons. The maximum absolute atomic E-state index is 14.4. The number of amides is 1. The number of methoxy groups -OCH3 is 1. The van der Waals surface area contributed by atoms with Crippen molar-refractivity contribution in [2.45, 2.75) is 39.7 Å². The van der Waals surface area contributed by atoms with Crippen molar-refractivity contribution in [3.8, 4) is 5.75 Å². The Morgan fingerprint density at radius 3 is 2.50 bits per heavy atom. The van der Waals surface area contributed by atoms with Crippen LogP contribution in [0.4, 0.5) is 5.69 Å². The zero-order valence-corrected chi connectivity index (χ0v) is 25.8. The largest absolute Gasteiger partial charge is 0.496 e. The first-order chi connectivity index (χ1) is 21.4. The van der Waals surface area contributed by atoms with E-state index in [0.29, 0.717) is 49.7 Å². The fourth-order valence-electron chi connectivity index (χ4n) is 5.82. The third kappa shape index (κ3) is 4.94. The summed E-state index contributed by atoms with van der Waals surface area (Å²) in [5.41, 5.74) is 2.44. The molecule has 1 amide bonds. The normalized spacial score (nSPS) is 18.4. The summed E-state index contributed by atoms with van der Waals surface area (Å²) in [6.45, 7) is 5.72. The first-order valence-corrected chi connectivity index (χ1v) is 15.4. The molecule has 0 saturated carbocycles. The Morgan fingerprint density at radius 2 is 1.77 bits per heavy atom. The monoisotopic (exact) mass is 608 g/mol. The second-order valence-electron chi connectivity index (χ2n) is 10.5. The molecule has 224 valence electrons. The van der Waals surface area contributed by atoms with Crippen LogP contribution in [0.3, 0.4) is 0 Å². The average molecular weight is 609 g/mol. The highest BCUT2D eigenvalue weighted by atomic mass is 32.1. The lowest BCUT2D eigenvalue weighted by Crippen LogP contribution is -2.40. The Balaban J connectivity index is 1.59. The minimum absolute atomic E-state index is 0.172. The van der Waals surface area contributed by atoms with Crippen LogP contribution in [0, 0.1) is 5.92 Å². The van der Waals surface area contributed by atoms with Gasteiger partial charge in [-0.2, -0.15) is 10.1 Å². The molecule has 0 spiro atoms. The molecule has 0 N–H and O–H groups in total. The summed E-state index contributed by atoms with van der Waals surface area (Å²) in [7, 11) is 1.57. The van der Waals surface area contributed by atoms with E-state index in [4.69, 9.17) is 14.5 Å². The maximum atomic E-state index is 14.4. The predicted molar refractivity (Wildman–Crippen MR) is 172 cm³/mol. The van der Waals surface area contributed by atoms with E-state index in [1.54, 1.807) is 31.6 Å². The predicted octanol–water partition coefficient (Wildman–Crippen LogP) is 4.73. The summed E-state index contributed by atoms with van der Waals surface area (Å²) in [5, 5.41) is 7.65. The van der Waals surface area contributed by atoms with Gasteiger partial charge in [0.2, 0.25) is 0 Å². The number of nitrogens with zero attached hydrogens (tertiary/aromatic N) is 4. The van der Waals surface area contributed by atoms with Gasteiger partial charge in [-0.15, -0.1) is 0 Å². The molecule has 3 heterocycles. The molecule has 4 aromatic rings. The molecule has 2 aliphatic rings. The van der Waals surface area contributed by atoms with Crippen molar-refractivity contribution < 1.29 is 19.1 Å². The van der Waals surface area contributed by atoms with Gasteiger partial charge in [-0.05, 0) is 55.3 Å². The van der Waals surface area contributed by atoms with Crippen LogP contribution >= 0.6 is 11.3 Å². The average Bonchev–Trinajstić information content (AvgIpc) is 3.50. The van der Waals surface area contributed by atoms with Crippen molar-refractivity contribution in [2.75, 3.05) is 18.7 Å². The summed E-state index contributed by atoms with van der Waals surface area (Å²) in [5.74, 6) is -0.955.